The summed E-state index contributed by atoms with van der Waals surface area (Å²) in [6.45, 7) is 2.76. The van der Waals surface area contributed by atoms with E-state index in [9.17, 15) is 19.2 Å². The van der Waals surface area contributed by atoms with Crippen molar-refractivity contribution >= 4 is 29.3 Å². The number of esters is 1. The molecule has 0 radical (unpaired) electrons. The summed E-state index contributed by atoms with van der Waals surface area (Å²) in [5, 5.41) is 4.97. The second kappa shape index (κ2) is 10.6. The number of Topliss-reactive ketones (excluding diaryl/α,β-unsaturated/α-hetero) is 1. The largest absolute Gasteiger partial charge is 0.493 e. The van der Waals surface area contributed by atoms with Crippen LogP contribution in [0.15, 0.2) is 48.5 Å². The molecule has 0 aromatic heterocycles. The van der Waals surface area contributed by atoms with Gasteiger partial charge in [0.15, 0.2) is 12.4 Å². The van der Waals surface area contributed by atoms with Crippen LogP contribution in [0.1, 0.15) is 34.6 Å². The van der Waals surface area contributed by atoms with E-state index in [1.165, 1.54) is 6.92 Å². The number of ketones is 1. The number of anilines is 1. The molecule has 8 nitrogen and oxygen atoms in total. The van der Waals surface area contributed by atoms with Crippen LogP contribution in [0.3, 0.4) is 0 Å². The quantitative estimate of drug-likeness (QED) is 0.495. The summed E-state index contributed by atoms with van der Waals surface area (Å²) in [6.07, 6.45) is 0. The van der Waals surface area contributed by atoms with E-state index in [1.807, 2.05) is 0 Å². The van der Waals surface area contributed by atoms with Crippen molar-refractivity contribution in [2.24, 2.45) is 0 Å². The van der Waals surface area contributed by atoms with Crippen molar-refractivity contribution < 1.29 is 28.7 Å². The summed E-state index contributed by atoms with van der Waals surface area (Å²) in [7, 11) is 0. The van der Waals surface area contributed by atoms with Gasteiger partial charge < -0.3 is 20.1 Å². The smallest absolute Gasteiger partial charge is 0.325 e. The molecule has 2 rings (SSSR count). The predicted octanol–water partition coefficient (Wildman–Crippen LogP) is 2.20. The Kier molecular flexibility index (Phi) is 7.90. The van der Waals surface area contributed by atoms with Gasteiger partial charge >= 0.3 is 5.97 Å². The summed E-state index contributed by atoms with van der Waals surface area (Å²) in [5.74, 6) is -1.45. The Morgan fingerprint density at radius 3 is 2.31 bits per heavy atom. The van der Waals surface area contributed by atoms with Crippen LogP contribution in [0.5, 0.6) is 5.75 Å². The van der Waals surface area contributed by atoms with Crippen LogP contribution in [-0.2, 0) is 14.3 Å². The molecule has 0 unspecified atom stereocenters. The van der Waals surface area contributed by atoms with Crippen molar-refractivity contribution in [1.82, 2.24) is 5.32 Å². The number of carbonyl (C=O) groups is 4. The van der Waals surface area contributed by atoms with E-state index in [1.54, 1.807) is 55.5 Å². The highest BCUT2D eigenvalue weighted by Crippen LogP contribution is 2.17. The van der Waals surface area contributed by atoms with Crippen molar-refractivity contribution in [2.75, 3.05) is 25.1 Å². The van der Waals surface area contributed by atoms with Crippen LogP contribution in [-0.4, -0.2) is 43.3 Å². The Labute approximate surface area is 168 Å². The summed E-state index contributed by atoms with van der Waals surface area (Å²) >= 11 is 0. The Morgan fingerprint density at radius 2 is 1.66 bits per heavy atom. The zero-order valence-corrected chi connectivity index (χ0v) is 16.2. The van der Waals surface area contributed by atoms with Crippen molar-refractivity contribution in [1.29, 1.82) is 0 Å². The normalized spacial score (nSPS) is 10.0. The van der Waals surface area contributed by atoms with Gasteiger partial charge in [0, 0.05) is 11.3 Å². The van der Waals surface area contributed by atoms with Crippen molar-refractivity contribution in [3.05, 3.63) is 59.7 Å². The first-order valence-corrected chi connectivity index (χ1v) is 8.97. The molecule has 0 spiro atoms. The standard InChI is InChI=1S/C21H22N2O6/c1-3-28-18-7-5-4-6-17(18)21(27)22-12-20(26)29-13-19(25)23-16-10-8-15(9-11-16)14(2)24/h4-11H,3,12-13H2,1-2H3,(H,22,27)(H,23,25). The summed E-state index contributed by atoms with van der Waals surface area (Å²) < 4.78 is 10.2. The molecule has 0 fully saturated rings. The summed E-state index contributed by atoms with van der Waals surface area (Å²) in [5.41, 5.74) is 1.29. The molecule has 0 atom stereocenters. The number of ether oxygens (including phenoxy) is 2. The molecule has 0 aliphatic heterocycles. The number of rotatable bonds is 9. The Bertz CT molecular complexity index is 892. The van der Waals surface area contributed by atoms with Gasteiger partial charge in [-0.15, -0.1) is 0 Å². The van der Waals surface area contributed by atoms with Crippen LogP contribution < -0.4 is 15.4 Å². The second-order valence-corrected chi connectivity index (χ2v) is 5.95. The Balaban J connectivity index is 1.77. The third kappa shape index (κ3) is 6.76. The second-order valence-electron chi connectivity index (χ2n) is 5.95. The average molecular weight is 398 g/mol. The van der Waals surface area contributed by atoms with Crippen LogP contribution in [0, 0.1) is 0 Å². The van der Waals surface area contributed by atoms with Crippen molar-refractivity contribution in [2.45, 2.75) is 13.8 Å². The minimum absolute atomic E-state index is 0.0808. The number of hydrogen-bond donors (Lipinski definition) is 2. The lowest BCUT2D eigenvalue weighted by Crippen LogP contribution is -2.32. The van der Waals surface area contributed by atoms with Crippen LogP contribution in [0.25, 0.3) is 0 Å². The van der Waals surface area contributed by atoms with Crippen molar-refractivity contribution in [3.8, 4) is 5.75 Å². The van der Waals surface area contributed by atoms with E-state index in [0.717, 1.165) is 0 Å². The van der Waals surface area contributed by atoms with Gasteiger partial charge in [-0.1, -0.05) is 12.1 Å². The van der Waals surface area contributed by atoms with Gasteiger partial charge in [-0.05, 0) is 50.2 Å². The lowest BCUT2D eigenvalue weighted by atomic mass is 10.1. The summed E-state index contributed by atoms with van der Waals surface area (Å²) in [6, 6.07) is 13.0. The van der Waals surface area contributed by atoms with E-state index in [4.69, 9.17) is 9.47 Å². The molecule has 0 aliphatic rings. The minimum Gasteiger partial charge on any atom is -0.493 e. The van der Waals surface area contributed by atoms with E-state index >= 15 is 0 Å². The van der Waals surface area contributed by atoms with Crippen LogP contribution in [0.4, 0.5) is 5.69 Å². The molecule has 0 bridgehead atoms. The minimum atomic E-state index is -0.755. The van der Waals surface area contributed by atoms with Gasteiger partial charge in [-0.25, -0.2) is 0 Å². The average Bonchev–Trinajstić information content (AvgIpc) is 2.71. The van der Waals surface area contributed by atoms with Gasteiger partial charge in [0.1, 0.15) is 12.3 Å². The van der Waals surface area contributed by atoms with Gasteiger partial charge in [0.05, 0.1) is 12.2 Å². The first-order valence-electron chi connectivity index (χ1n) is 8.97. The fourth-order valence-corrected chi connectivity index (χ4v) is 2.37. The van der Waals surface area contributed by atoms with Crippen molar-refractivity contribution in [3.63, 3.8) is 0 Å². The first kappa shape index (κ1) is 21.6. The number of hydrogen-bond acceptors (Lipinski definition) is 6. The molecule has 2 aromatic rings. The van der Waals surface area contributed by atoms with E-state index in [2.05, 4.69) is 10.6 Å². The molecular formula is C21H22N2O6. The lowest BCUT2D eigenvalue weighted by Gasteiger charge is -2.10. The maximum atomic E-state index is 12.2. The number of carbonyl (C=O) groups excluding carboxylic acids is 4. The molecule has 8 heteroatoms. The van der Waals surface area contributed by atoms with Gasteiger partial charge in [-0.2, -0.15) is 0 Å². The molecule has 0 saturated carbocycles. The van der Waals surface area contributed by atoms with Crippen LogP contribution in [0.2, 0.25) is 0 Å². The molecule has 2 N–H and O–H groups in total. The maximum absolute atomic E-state index is 12.2. The lowest BCUT2D eigenvalue weighted by molar-refractivity contribution is -0.146. The molecule has 0 aliphatic carbocycles. The van der Waals surface area contributed by atoms with E-state index < -0.39 is 24.4 Å². The maximum Gasteiger partial charge on any atom is 0.325 e. The monoisotopic (exact) mass is 398 g/mol. The Hall–Kier alpha value is -3.68. The molecular weight excluding hydrogens is 376 g/mol. The summed E-state index contributed by atoms with van der Waals surface area (Å²) in [4.78, 5) is 47.1. The van der Waals surface area contributed by atoms with Crippen LogP contribution >= 0.6 is 0 Å². The van der Waals surface area contributed by atoms with Gasteiger partial charge in [0.2, 0.25) is 0 Å². The highest BCUT2D eigenvalue weighted by molar-refractivity contribution is 5.99. The zero-order valence-electron chi connectivity index (χ0n) is 16.2. The SMILES string of the molecule is CCOc1ccccc1C(=O)NCC(=O)OCC(=O)Nc1ccc(C(C)=O)cc1. The molecule has 0 heterocycles. The van der Waals surface area contributed by atoms with Gasteiger partial charge in [-0.3, -0.25) is 19.2 Å². The van der Waals surface area contributed by atoms with E-state index in [0.29, 0.717) is 29.2 Å². The highest BCUT2D eigenvalue weighted by atomic mass is 16.5. The predicted molar refractivity (Wildman–Crippen MR) is 106 cm³/mol. The third-order valence-corrected chi connectivity index (χ3v) is 3.76. The highest BCUT2D eigenvalue weighted by Gasteiger charge is 2.14. The molecule has 2 aromatic carbocycles. The molecule has 152 valence electrons. The fourth-order valence-electron chi connectivity index (χ4n) is 2.37. The molecule has 29 heavy (non-hydrogen) atoms. The number of para-hydroxylation sites is 1. The fraction of sp³-hybridized carbons (Fsp3) is 0.238. The van der Waals surface area contributed by atoms with Gasteiger partial charge in [0.25, 0.3) is 11.8 Å². The Morgan fingerprint density at radius 1 is 0.966 bits per heavy atom. The first-order chi connectivity index (χ1) is 13.9. The third-order valence-electron chi connectivity index (χ3n) is 3.76. The van der Waals surface area contributed by atoms with E-state index in [-0.39, 0.29) is 12.3 Å². The zero-order chi connectivity index (χ0) is 21.2. The molecule has 0 saturated heterocycles. The molecule has 2 amide bonds. The number of benzene rings is 2. The number of nitrogens with one attached hydrogen (secondary N) is 2. The topological polar surface area (TPSA) is 111 Å². The number of amides is 2.